The second-order valence-electron chi connectivity index (χ2n) is 6.94. The van der Waals surface area contributed by atoms with Crippen LogP contribution in [0.1, 0.15) is 22.3 Å². The molecule has 0 aromatic heterocycles. The van der Waals surface area contributed by atoms with E-state index in [0.29, 0.717) is 16.4 Å². The zero-order valence-electron chi connectivity index (χ0n) is 16.8. The lowest BCUT2D eigenvalue weighted by atomic mass is 10.1. The number of amides is 2. The maximum atomic E-state index is 12.7. The Kier molecular flexibility index (Phi) is 7.09. The van der Waals surface area contributed by atoms with E-state index in [1.807, 2.05) is 25.1 Å². The second-order valence-corrected chi connectivity index (χ2v) is 9.49. The van der Waals surface area contributed by atoms with Gasteiger partial charge >= 0.3 is 0 Å². The summed E-state index contributed by atoms with van der Waals surface area (Å²) in [5, 5.41) is 5.86. The van der Waals surface area contributed by atoms with Gasteiger partial charge in [0.2, 0.25) is 5.91 Å². The molecule has 6 nitrogen and oxygen atoms in total. The molecular weight excluding hydrogens is 436 g/mol. The summed E-state index contributed by atoms with van der Waals surface area (Å²) in [6.45, 7) is 1.92. The average Bonchev–Trinajstić information content (AvgIpc) is 2.73. The van der Waals surface area contributed by atoms with E-state index in [2.05, 4.69) is 10.6 Å². The number of carbonyl (C=O) groups excluding carboxylic acids is 2. The van der Waals surface area contributed by atoms with Gasteiger partial charge in [0.05, 0.1) is 21.9 Å². The van der Waals surface area contributed by atoms with Crippen LogP contribution in [0.15, 0.2) is 77.7 Å². The molecule has 0 heterocycles. The quantitative estimate of drug-likeness (QED) is 0.538. The minimum atomic E-state index is -3.63. The first-order valence-electron chi connectivity index (χ1n) is 9.50. The maximum absolute atomic E-state index is 12.7. The second kappa shape index (κ2) is 9.76. The molecule has 0 unspecified atom stereocenters. The third-order valence-corrected chi connectivity index (χ3v) is 6.48. The Hall–Kier alpha value is -3.16. The number of para-hydroxylation sites is 1. The number of sulfone groups is 1. The van der Waals surface area contributed by atoms with Crippen LogP contribution in [0.2, 0.25) is 5.02 Å². The Morgan fingerprint density at radius 3 is 2.32 bits per heavy atom. The van der Waals surface area contributed by atoms with Gasteiger partial charge in [0.1, 0.15) is 0 Å². The number of benzene rings is 3. The molecule has 0 fully saturated rings. The van der Waals surface area contributed by atoms with Crippen molar-refractivity contribution in [3.05, 3.63) is 88.9 Å². The highest BCUT2D eigenvalue weighted by Crippen LogP contribution is 2.20. The molecule has 0 saturated heterocycles. The Balaban J connectivity index is 1.66. The van der Waals surface area contributed by atoms with E-state index in [1.165, 1.54) is 24.3 Å². The number of hydrogen-bond donors (Lipinski definition) is 2. The van der Waals surface area contributed by atoms with Gasteiger partial charge in [0.25, 0.3) is 5.91 Å². The fourth-order valence-electron chi connectivity index (χ4n) is 2.91. The van der Waals surface area contributed by atoms with Crippen LogP contribution in [0.25, 0.3) is 0 Å². The number of aryl methyl sites for hydroxylation is 1. The summed E-state index contributed by atoms with van der Waals surface area (Å²) >= 11 is 5.79. The first kappa shape index (κ1) is 22.5. The zero-order chi connectivity index (χ0) is 22.4. The van der Waals surface area contributed by atoms with Gasteiger partial charge in [0.15, 0.2) is 9.84 Å². The van der Waals surface area contributed by atoms with Crippen molar-refractivity contribution in [2.75, 3.05) is 16.4 Å². The Bertz CT molecular complexity index is 1210. The highest BCUT2D eigenvalue weighted by Gasteiger charge is 2.18. The van der Waals surface area contributed by atoms with Crippen molar-refractivity contribution in [3.8, 4) is 0 Å². The SMILES string of the molecule is Cc1cccc(NC(=O)c2ccccc2NC(=O)CCS(=O)(=O)c2ccc(Cl)cc2)c1. The van der Waals surface area contributed by atoms with Crippen LogP contribution in [0.3, 0.4) is 0 Å². The molecule has 0 radical (unpaired) electrons. The summed E-state index contributed by atoms with van der Waals surface area (Å²) in [7, 11) is -3.63. The number of carbonyl (C=O) groups is 2. The summed E-state index contributed by atoms with van der Waals surface area (Å²) in [4.78, 5) is 25.2. The molecule has 160 valence electrons. The summed E-state index contributed by atoms with van der Waals surface area (Å²) < 4.78 is 24.8. The Labute approximate surface area is 186 Å². The van der Waals surface area contributed by atoms with Crippen LogP contribution in [0.5, 0.6) is 0 Å². The van der Waals surface area contributed by atoms with Gasteiger partial charge in [-0.2, -0.15) is 0 Å². The summed E-state index contributed by atoms with van der Waals surface area (Å²) in [5.41, 5.74) is 2.22. The van der Waals surface area contributed by atoms with Crippen molar-refractivity contribution in [2.45, 2.75) is 18.2 Å². The lowest BCUT2D eigenvalue weighted by Gasteiger charge is -2.12. The van der Waals surface area contributed by atoms with Gasteiger partial charge in [-0.1, -0.05) is 35.9 Å². The monoisotopic (exact) mass is 456 g/mol. The number of anilines is 2. The molecule has 0 aliphatic carbocycles. The predicted octanol–water partition coefficient (Wildman–Crippen LogP) is 4.70. The van der Waals surface area contributed by atoms with Crippen molar-refractivity contribution in [2.24, 2.45) is 0 Å². The summed E-state index contributed by atoms with van der Waals surface area (Å²) in [5.74, 6) is -1.25. The molecular formula is C23H21ClN2O4S. The molecule has 0 saturated carbocycles. The van der Waals surface area contributed by atoms with Gasteiger partial charge in [-0.3, -0.25) is 9.59 Å². The third kappa shape index (κ3) is 6.16. The van der Waals surface area contributed by atoms with Crippen molar-refractivity contribution in [1.82, 2.24) is 0 Å². The largest absolute Gasteiger partial charge is 0.325 e. The van der Waals surface area contributed by atoms with E-state index in [1.54, 1.807) is 30.3 Å². The molecule has 2 N–H and O–H groups in total. The maximum Gasteiger partial charge on any atom is 0.257 e. The van der Waals surface area contributed by atoms with Gasteiger partial charge in [-0.05, 0) is 61.0 Å². The summed E-state index contributed by atoms with van der Waals surface area (Å²) in [6, 6.07) is 19.7. The van der Waals surface area contributed by atoms with Crippen LogP contribution < -0.4 is 10.6 Å². The topological polar surface area (TPSA) is 92.3 Å². The van der Waals surface area contributed by atoms with Gasteiger partial charge < -0.3 is 10.6 Å². The molecule has 0 aliphatic heterocycles. The molecule has 0 bridgehead atoms. The van der Waals surface area contributed by atoms with Crippen molar-refractivity contribution in [1.29, 1.82) is 0 Å². The van der Waals surface area contributed by atoms with Crippen molar-refractivity contribution < 1.29 is 18.0 Å². The predicted molar refractivity (Wildman–Crippen MR) is 122 cm³/mol. The van der Waals surface area contributed by atoms with E-state index in [4.69, 9.17) is 11.6 Å². The van der Waals surface area contributed by atoms with Gasteiger partial charge in [0, 0.05) is 17.1 Å². The summed E-state index contributed by atoms with van der Waals surface area (Å²) in [6.07, 6.45) is -0.251. The molecule has 31 heavy (non-hydrogen) atoms. The first-order valence-corrected chi connectivity index (χ1v) is 11.5. The molecule has 3 rings (SSSR count). The lowest BCUT2D eigenvalue weighted by molar-refractivity contribution is -0.115. The van der Waals surface area contributed by atoms with Crippen LogP contribution in [-0.4, -0.2) is 26.0 Å². The standard InChI is InChI=1S/C23H21ClN2O4S/c1-16-5-4-6-18(15-16)25-23(28)20-7-2-3-8-21(20)26-22(27)13-14-31(29,30)19-11-9-17(24)10-12-19/h2-12,15H,13-14H2,1H3,(H,25,28)(H,26,27). The fourth-order valence-corrected chi connectivity index (χ4v) is 4.28. The molecule has 3 aromatic carbocycles. The fraction of sp³-hybridized carbons (Fsp3) is 0.130. The minimum Gasteiger partial charge on any atom is -0.325 e. The van der Waals surface area contributed by atoms with Crippen molar-refractivity contribution in [3.63, 3.8) is 0 Å². The molecule has 0 atom stereocenters. The van der Waals surface area contributed by atoms with E-state index in [9.17, 15) is 18.0 Å². The number of nitrogens with one attached hydrogen (secondary N) is 2. The first-order chi connectivity index (χ1) is 14.7. The van der Waals surface area contributed by atoms with Gasteiger partial charge in [-0.25, -0.2) is 8.42 Å². The van der Waals surface area contributed by atoms with Gasteiger partial charge in [-0.15, -0.1) is 0 Å². The smallest absolute Gasteiger partial charge is 0.257 e. The Morgan fingerprint density at radius 2 is 1.61 bits per heavy atom. The van der Waals surface area contributed by atoms with E-state index < -0.39 is 15.7 Å². The number of halogens is 1. The highest BCUT2D eigenvalue weighted by molar-refractivity contribution is 7.91. The Morgan fingerprint density at radius 1 is 0.903 bits per heavy atom. The molecule has 8 heteroatoms. The van der Waals surface area contributed by atoms with E-state index >= 15 is 0 Å². The van der Waals surface area contributed by atoms with Crippen LogP contribution in [0, 0.1) is 6.92 Å². The number of hydrogen-bond acceptors (Lipinski definition) is 4. The van der Waals surface area contributed by atoms with E-state index in [-0.39, 0.29) is 28.5 Å². The van der Waals surface area contributed by atoms with E-state index in [0.717, 1.165) is 5.56 Å². The third-order valence-electron chi connectivity index (χ3n) is 4.49. The normalized spacial score (nSPS) is 11.0. The molecule has 2 amide bonds. The minimum absolute atomic E-state index is 0.0997. The number of rotatable bonds is 7. The molecule has 3 aromatic rings. The molecule has 0 spiro atoms. The van der Waals surface area contributed by atoms with Crippen LogP contribution in [-0.2, 0) is 14.6 Å². The highest BCUT2D eigenvalue weighted by atomic mass is 35.5. The van der Waals surface area contributed by atoms with Crippen LogP contribution >= 0.6 is 11.6 Å². The molecule has 0 aliphatic rings. The average molecular weight is 457 g/mol. The zero-order valence-corrected chi connectivity index (χ0v) is 18.3. The van der Waals surface area contributed by atoms with Crippen molar-refractivity contribution >= 4 is 44.6 Å². The van der Waals surface area contributed by atoms with Crippen LogP contribution in [0.4, 0.5) is 11.4 Å². The lowest BCUT2D eigenvalue weighted by Crippen LogP contribution is -2.20.